The molecule has 0 unspecified atom stereocenters. The van der Waals surface area contributed by atoms with E-state index < -0.39 is 0 Å². The summed E-state index contributed by atoms with van der Waals surface area (Å²) < 4.78 is 0. The SMILES string of the molecule is Cc1ccc(C)c(-c2c(N)[nH][nH]c2=O)c1. The predicted octanol–water partition coefficient (Wildman–Crippen LogP) is 1.57. The third kappa shape index (κ3) is 1.54. The lowest BCUT2D eigenvalue weighted by molar-refractivity contribution is 1.06. The molecule has 0 aliphatic rings. The second kappa shape index (κ2) is 3.31. The molecule has 1 aromatic carbocycles. The Kier molecular flexibility index (Phi) is 2.11. The van der Waals surface area contributed by atoms with Gasteiger partial charge in [0.05, 0.1) is 5.56 Å². The van der Waals surface area contributed by atoms with Crippen LogP contribution in [0.4, 0.5) is 5.82 Å². The van der Waals surface area contributed by atoms with Gasteiger partial charge in [0.15, 0.2) is 0 Å². The van der Waals surface area contributed by atoms with Crippen molar-refractivity contribution in [2.24, 2.45) is 0 Å². The van der Waals surface area contributed by atoms with Gasteiger partial charge < -0.3 is 5.73 Å². The quantitative estimate of drug-likeness (QED) is 0.658. The number of hydrogen-bond donors (Lipinski definition) is 3. The number of nitrogens with two attached hydrogens (primary N) is 1. The summed E-state index contributed by atoms with van der Waals surface area (Å²) in [5, 5.41) is 5.10. The highest BCUT2D eigenvalue weighted by molar-refractivity contribution is 5.75. The minimum Gasteiger partial charge on any atom is -0.383 e. The first-order valence-corrected chi connectivity index (χ1v) is 4.73. The molecule has 4 N–H and O–H groups in total. The molecular weight excluding hydrogens is 190 g/mol. The number of aryl methyl sites for hydroxylation is 2. The maximum absolute atomic E-state index is 11.5. The zero-order valence-corrected chi connectivity index (χ0v) is 8.72. The van der Waals surface area contributed by atoms with Crippen LogP contribution < -0.4 is 11.3 Å². The Hall–Kier alpha value is -1.97. The molecule has 1 heterocycles. The molecule has 1 aromatic heterocycles. The van der Waals surface area contributed by atoms with E-state index in [0.29, 0.717) is 11.4 Å². The Morgan fingerprint density at radius 3 is 2.53 bits per heavy atom. The fourth-order valence-electron chi connectivity index (χ4n) is 1.64. The van der Waals surface area contributed by atoms with E-state index in [1.165, 1.54) is 0 Å². The molecule has 2 aromatic rings. The van der Waals surface area contributed by atoms with Crippen molar-refractivity contribution in [1.82, 2.24) is 10.2 Å². The van der Waals surface area contributed by atoms with Crippen LogP contribution in [0.2, 0.25) is 0 Å². The highest BCUT2D eigenvalue weighted by atomic mass is 16.1. The number of H-pyrrole nitrogens is 2. The highest BCUT2D eigenvalue weighted by Gasteiger charge is 2.11. The topological polar surface area (TPSA) is 74.7 Å². The van der Waals surface area contributed by atoms with E-state index in [1.54, 1.807) is 0 Å². The maximum atomic E-state index is 11.5. The number of aromatic nitrogens is 2. The molecular formula is C11H13N3O. The van der Waals surface area contributed by atoms with E-state index in [1.807, 2.05) is 32.0 Å². The fourth-order valence-corrected chi connectivity index (χ4v) is 1.64. The van der Waals surface area contributed by atoms with Crippen LogP contribution in [0, 0.1) is 13.8 Å². The van der Waals surface area contributed by atoms with Crippen LogP contribution in [0.15, 0.2) is 23.0 Å². The normalized spacial score (nSPS) is 10.5. The maximum Gasteiger partial charge on any atom is 0.273 e. The Labute approximate surface area is 87.1 Å². The first kappa shape index (κ1) is 9.58. The molecule has 0 amide bonds. The van der Waals surface area contributed by atoms with Gasteiger partial charge in [-0.1, -0.05) is 23.8 Å². The van der Waals surface area contributed by atoms with Gasteiger partial charge in [-0.05, 0) is 25.0 Å². The minimum atomic E-state index is -0.179. The summed E-state index contributed by atoms with van der Waals surface area (Å²) in [7, 11) is 0. The minimum absolute atomic E-state index is 0.179. The average Bonchev–Trinajstić information content (AvgIpc) is 2.51. The first-order valence-electron chi connectivity index (χ1n) is 4.73. The standard InChI is InChI=1S/C11H13N3O/c1-6-3-4-7(2)8(5-6)9-10(12)13-14-11(9)15/h3-5H,1-2H3,(H4,12,13,14,15). The highest BCUT2D eigenvalue weighted by Crippen LogP contribution is 2.24. The Bertz CT molecular complexity index is 551. The van der Waals surface area contributed by atoms with Crippen LogP contribution >= 0.6 is 0 Å². The molecule has 0 saturated carbocycles. The second-order valence-electron chi connectivity index (χ2n) is 3.69. The number of anilines is 1. The summed E-state index contributed by atoms with van der Waals surface area (Å²) >= 11 is 0. The van der Waals surface area contributed by atoms with Crippen molar-refractivity contribution in [1.29, 1.82) is 0 Å². The molecule has 0 aliphatic heterocycles. The van der Waals surface area contributed by atoms with E-state index in [9.17, 15) is 4.79 Å². The number of rotatable bonds is 1. The van der Waals surface area contributed by atoms with E-state index in [-0.39, 0.29) is 5.56 Å². The third-order valence-electron chi connectivity index (χ3n) is 2.47. The van der Waals surface area contributed by atoms with Crippen LogP contribution in [0.25, 0.3) is 11.1 Å². The summed E-state index contributed by atoms with van der Waals surface area (Å²) in [4.78, 5) is 11.5. The zero-order valence-electron chi connectivity index (χ0n) is 8.72. The van der Waals surface area contributed by atoms with Crippen molar-refractivity contribution < 1.29 is 0 Å². The monoisotopic (exact) mass is 203 g/mol. The average molecular weight is 203 g/mol. The summed E-state index contributed by atoms with van der Waals surface area (Å²) in [6, 6.07) is 5.95. The lowest BCUT2D eigenvalue weighted by Crippen LogP contribution is -2.03. The van der Waals surface area contributed by atoms with Gasteiger partial charge in [-0.15, -0.1) is 0 Å². The van der Waals surface area contributed by atoms with Gasteiger partial charge >= 0.3 is 0 Å². The Balaban J connectivity index is 2.74. The van der Waals surface area contributed by atoms with Gasteiger partial charge in [-0.3, -0.25) is 15.0 Å². The Morgan fingerprint density at radius 1 is 1.20 bits per heavy atom. The molecule has 4 nitrogen and oxygen atoms in total. The molecule has 0 bridgehead atoms. The molecule has 0 atom stereocenters. The van der Waals surface area contributed by atoms with Crippen LogP contribution in [0.1, 0.15) is 11.1 Å². The first-order chi connectivity index (χ1) is 7.09. The van der Waals surface area contributed by atoms with Gasteiger partial charge in [0, 0.05) is 0 Å². The lowest BCUT2D eigenvalue weighted by atomic mass is 10.0. The smallest absolute Gasteiger partial charge is 0.273 e. The summed E-state index contributed by atoms with van der Waals surface area (Å²) in [6.45, 7) is 3.95. The molecule has 0 aliphatic carbocycles. The number of aromatic amines is 2. The molecule has 2 rings (SSSR count). The van der Waals surface area contributed by atoms with Gasteiger partial charge in [-0.25, -0.2) is 0 Å². The number of nitrogen functional groups attached to an aromatic ring is 1. The van der Waals surface area contributed by atoms with Crippen molar-refractivity contribution >= 4 is 5.82 Å². The van der Waals surface area contributed by atoms with Crippen molar-refractivity contribution in [3.63, 3.8) is 0 Å². The van der Waals surface area contributed by atoms with Crippen LogP contribution in [0.5, 0.6) is 0 Å². The summed E-state index contributed by atoms with van der Waals surface area (Å²) in [5.74, 6) is 0.383. The van der Waals surface area contributed by atoms with E-state index in [2.05, 4.69) is 10.2 Å². The molecule has 4 heteroatoms. The largest absolute Gasteiger partial charge is 0.383 e. The van der Waals surface area contributed by atoms with E-state index >= 15 is 0 Å². The summed E-state index contributed by atoms with van der Waals surface area (Å²) in [6.07, 6.45) is 0. The molecule has 0 spiro atoms. The van der Waals surface area contributed by atoms with E-state index in [0.717, 1.165) is 16.7 Å². The van der Waals surface area contributed by atoms with Crippen molar-refractivity contribution in [2.45, 2.75) is 13.8 Å². The number of benzene rings is 1. The number of nitrogens with one attached hydrogen (secondary N) is 2. The molecule has 15 heavy (non-hydrogen) atoms. The van der Waals surface area contributed by atoms with E-state index in [4.69, 9.17) is 5.73 Å². The predicted molar refractivity (Wildman–Crippen MR) is 60.7 cm³/mol. The fraction of sp³-hybridized carbons (Fsp3) is 0.182. The van der Waals surface area contributed by atoms with Crippen LogP contribution in [-0.2, 0) is 0 Å². The van der Waals surface area contributed by atoms with Crippen molar-refractivity contribution in [3.05, 3.63) is 39.7 Å². The van der Waals surface area contributed by atoms with Gasteiger partial charge in [0.25, 0.3) is 5.56 Å². The van der Waals surface area contributed by atoms with Crippen LogP contribution in [0.3, 0.4) is 0 Å². The Morgan fingerprint density at radius 2 is 1.93 bits per heavy atom. The summed E-state index contributed by atoms with van der Waals surface area (Å²) in [5.41, 5.74) is 9.08. The van der Waals surface area contributed by atoms with Crippen molar-refractivity contribution in [2.75, 3.05) is 5.73 Å². The lowest BCUT2D eigenvalue weighted by Gasteiger charge is -2.04. The second-order valence-corrected chi connectivity index (χ2v) is 3.69. The molecule has 0 saturated heterocycles. The zero-order chi connectivity index (χ0) is 11.0. The molecule has 0 fully saturated rings. The van der Waals surface area contributed by atoms with Gasteiger partial charge in [0.1, 0.15) is 5.82 Å². The van der Waals surface area contributed by atoms with Crippen molar-refractivity contribution in [3.8, 4) is 11.1 Å². The van der Waals surface area contributed by atoms with Gasteiger partial charge in [0.2, 0.25) is 0 Å². The number of hydrogen-bond acceptors (Lipinski definition) is 2. The third-order valence-corrected chi connectivity index (χ3v) is 2.47. The van der Waals surface area contributed by atoms with Gasteiger partial charge in [-0.2, -0.15) is 0 Å². The molecule has 0 radical (unpaired) electrons. The molecule has 78 valence electrons. The van der Waals surface area contributed by atoms with Crippen LogP contribution in [-0.4, -0.2) is 10.2 Å².